The van der Waals surface area contributed by atoms with E-state index >= 15 is 0 Å². The van der Waals surface area contributed by atoms with E-state index in [1.807, 2.05) is 6.07 Å². The van der Waals surface area contributed by atoms with E-state index in [9.17, 15) is 14.4 Å². The van der Waals surface area contributed by atoms with E-state index in [2.05, 4.69) is 16.0 Å². The summed E-state index contributed by atoms with van der Waals surface area (Å²) in [6, 6.07) is 24.2. The number of hydrogen-bond acceptors (Lipinski definition) is 7. The molecule has 1 unspecified atom stereocenters. The van der Waals surface area contributed by atoms with Crippen molar-refractivity contribution in [2.24, 2.45) is 0 Å². The molecule has 1 aromatic heterocycles. The van der Waals surface area contributed by atoms with Crippen LogP contribution >= 0.6 is 11.8 Å². The molecular formula is C31H29N3O6S. The fraction of sp³-hybridized carbons (Fsp3) is 0.129. The first kappa shape index (κ1) is 29.0. The molecule has 1 atom stereocenters. The largest absolute Gasteiger partial charge is 0.497 e. The second kappa shape index (κ2) is 13.9. The minimum absolute atomic E-state index is 0.00745. The molecule has 0 aliphatic carbocycles. The van der Waals surface area contributed by atoms with Crippen LogP contribution in [-0.4, -0.2) is 37.2 Å². The van der Waals surface area contributed by atoms with E-state index < -0.39 is 17.1 Å². The van der Waals surface area contributed by atoms with Crippen LogP contribution in [0.3, 0.4) is 0 Å². The van der Waals surface area contributed by atoms with Gasteiger partial charge in [0, 0.05) is 28.3 Å². The van der Waals surface area contributed by atoms with E-state index in [-0.39, 0.29) is 11.6 Å². The quantitative estimate of drug-likeness (QED) is 0.153. The highest BCUT2D eigenvalue weighted by molar-refractivity contribution is 8.00. The number of furan rings is 1. The highest BCUT2D eigenvalue weighted by atomic mass is 32.2. The van der Waals surface area contributed by atoms with Crippen LogP contribution in [0.2, 0.25) is 0 Å². The number of nitrogens with one attached hydrogen (secondary N) is 3. The highest BCUT2D eigenvalue weighted by Crippen LogP contribution is 2.31. The number of carbonyl (C=O) groups excluding carboxylic acids is 3. The molecule has 3 aromatic carbocycles. The minimum atomic E-state index is -0.537. The van der Waals surface area contributed by atoms with Gasteiger partial charge in [0.15, 0.2) is 0 Å². The fourth-order valence-electron chi connectivity index (χ4n) is 3.70. The Hall–Kier alpha value is -4.96. The topological polar surface area (TPSA) is 119 Å². The Bertz CT molecular complexity index is 1540. The van der Waals surface area contributed by atoms with Crippen LogP contribution in [0.25, 0.3) is 6.08 Å². The van der Waals surface area contributed by atoms with Crippen molar-refractivity contribution in [1.29, 1.82) is 0 Å². The lowest BCUT2D eigenvalue weighted by molar-refractivity contribution is -0.115. The van der Waals surface area contributed by atoms with Gasteiger partial charge in [0.2, 0.25) is 5.91 Å². The summed E-state index contributed by atoms with van der Waals surface area (Å²) in [5.74, 6) is 0.308. The SMILES string of the molecule is COc1ccc(NC(=O)C(C)Sc2cccc(NC(=O)/C(=C/c3ccco3)NC(=O)c3ccccc3)c2)c(OC)c1. The zero-order valence-electron chi connectivity index (χ0n) is 22.7. The van der Waals surface area contributed by atoms with Crippen molar-refractivity contribution in [2.75, 3.05) is 24.9 Å². The molecular weight excluding hydrogens is 542 g/mol. The Kier molecular flexibility index (Phi) is 9.85. The summed E-state index contributed by atoms with van der Waals surface area (Å²) in [5, 5.41) is 7.90. The fourth-order valence-corrected chi connectivity index (χ4v) is 4.62. The van der Waals surface area contributed by atoms with Gasteiger partial charge in [-0.05, 0) is 61.5 Å². The summed E-state index contributed by atoms with van der Waals surface area (Å²) < 4.78 is 15.9. The molecule has 0 radical (unpaired) electrons. The van der Waals surface area contributed by atoms with E-state index in [4.69, 9.17) is 13.9 Å². The Morgan fingerprint density at radius 2 is 1.68 bits per heavy atom. The summed E-state index contributed by atoms with van der Waals surface area (Å²) >= 11 is 1.33. The Morgan fingerprint density at radius 1 is 0.878 bits per heavy atom. The monoisotopic (exact) mass is 571 g/mol. The second-order valence-corrected chi connectivity index (χ2v) is 10.1. The zero-order chi connectivity index (χ0) is 29.2. The third-order valence-corrected chi connectivity index (χ3v) is 6.89. The van der Waals surface area contributed by atoms with Crippen molar-refractivity contribution in [1.82, 2.24) is 5.32 Å². The van der Waals surface area contributed by atoms with Crippen molar-refractivity contribution in [3.8, 4) is 11.5 Å². The van der Waals surface area contributed by atoms with Crippen LogP contribution in [0.5, 0.6) is 11.5 Å². The number of anilines is 2. The molecule has 3 N–H and O–H groups in total. The Morgan fingerprint density at radius 3 is 2.39 bits per heavy atom. The lowest BCUT2D eigenvalue weighted by atomic mass is 10.2. The van der Waals surface area contributed by atoms with Gasteiger partial charge >= 0.3 is 0 Å². The average molecular weight is 572 g/mol. The van der Waals surface area contributed by atoms with Gasteiger partial charge in [0.25, 0.3) is 11.8 Å². The van der Waals surface area contributed by atoms with Crippen molar-refractivity contribution in [3.05, 3.63) is 108 Å². The van der Waals surface area contributed by atoms with E-state index in [1.54, 1.807) is 92.9 Å². The van der Waals surface area contributed by atoms with Gasteiger partial charge in [-0.1, -0.05) is 24.3 Å². The van der Waals surface area contributed by atoms with Gasteiger partial charge in [-0.3, -0.25) is 14.4 Å². The molecule has 41 heavy (non-hydrogen) atoms. The molecule has 4 aromatic rings. The lowest BCUT2D eigenvalue weighted by Gasteiger charge is -2.15. The molecule has 0 fully saturated rings. The lowest BCUT2D eigenvalue weighted by Crippen LogP contribution is -2.30. The summed E-state index contributed by atoms with van der Waals surface area (Å²) in [6.07, 6.45) is 2.93. The molecule has 0 saturated heterocycles. The number of rotatable bonds is 11. The van der Waals surface area contributed by atoms with Crippen molar-refractivity contribution in [3.63, 3.8) is 0 Å². The standard InChI is InChI=1S/C31H29N3O6S/c1-20(29(35)33-26-15-14-23(38-2)19-28(26)39-3)41-25-13-7-11-22(17-25)32-31(37)27(18-24-12-8-16-40-24)34-30(36)21-9-5-4-6-10-21/h4-20H,1-3H3,(H,32,37)(H,33,35)(H,34,36)/b27-18-. The average Bonchev–Trinajstić information content (AvgIpc) is 3.50. The van der Waals surface area contributed by atoms with Crippen LogP contribution in [0.15, 0.2) is 106 Å². The van der Waals surface area contributed by atoms with Gasteiger partial charge < -0.3 is 29.8 Å². The predicted molar refractivity (Wildman–Crippen MR) is 159 cm³/mol. The van der Waals surface area contributed by atoms with E-state index in [1.165, 1.54) is 31.2 Å². The maximum atomic E-state index is 13.2. The maximum absolute atomic E-state index is 13.2. The number of hydrogen-bond donors (Lipinski definition) is 3. The van der Waals surface area contributed by atoms with Gasteiger partial charge in [0.1, 0.15) is 23.0 Å². The molecule has 4 rings (SSSR count). The molecule has 210 valence electrons. The first-order chi connectivity index (χ1) is 19.9. The third kappa shape index (κ3) is 8.02. The molecule has 0 aliphatic heterocycles. The molecule has 9 nitrogen and oxygen atoms in total. The number of carbonyl (C=O) groups is 3. The van der Waals surface area contributed by atoms with Crippen molar-refractivity contribution >= 4 is 46.9 Å². The van der Waals surface area contributed by atoms with E-state index in [0.29, 0.717) is 34.2 Å². The highest BCUT2D eigenvalue weighted by Gasteiger charge is 2.19. The molecule has 0 aliphatic rings. The number of thioether (sulfide) groups is 1. The molecule has 0 saturated carbocycles. The summed E-state index contributed by atoms with van der Waals surface area (Å²) in [7, 11) is 3.07. The van der Waals surface area contributed by atoms with Crippen LogP contribution in [-0.2, 0) is 9.59 Å². The van der Waals surface area contributed by atoms with Crippen LogP contribution < -0.4 is 25.4 Å². The molecule has 10 heteroatoms. The van der Waals surface area contributed by atoms with Gasteiger partial charge in [-0.15, -0.1) is 11.8 Å². The number of benzene rings is 3. The zero-order valence-corrected chi connectivity index (χ0v) is 23.5. The number of ether oxygens (including phenoxy) is 2. The molecule has 3 amide bonds. The van der Waals surface area contributed by atoms with Crippen molar-refractivity contribution < 1.29 is 28.3 Å². The Balaban J connectivity index is 1.44. The second-order valence-electron chi connectivity index (χ2n) is 8.69. The Labute approximate surface area is 241 Å². The van der Waals surface area contributed by atoms with Gasteiger partial charge in [-0.2, -0.15) is 0 Å². The molecule has 0 bridgehead atoms. The molecule has 0 spiro atoms. The maximum Gasteiger partial charge on any atom is 0.272 e. The van der Waals surface area contributed by atoms with Crippen LogP contribution in [0, 0.1) is 0 Å². The summed E-state index contributed by atoms with van der Waals surface area (Å²) in [5.41, 5.74) is 1.43. The van der Waals surface area contributed by atoms with E-state index in [0.717, 1.165) is 4.90 Å². The first-order valence-corrected chi connectivity index (χ1v) is 13.5. The normalized spacial score (nSPS) is 11.7. The minimum Gasteiger partial charge on any atom is -0.497 e. The summed E-state index contributed by atoms with van der Waals surface area (Å²) in [4.78, 5) is 39.7. The predicted octanol–water partition coefficient (Wildman–Crippen LogP) is 5.83. The van der Waals surface area contributed by atoms with Crippen LogP contribution in [0.4, 0.5) is 11.4 Å². The van der Waals surface area contributed by atoms with Crippen molar-refractivity contribution in [2.45, 2.75) is 17.1 Å². The third-order valence-electron chi connectivity index (χ3n) is 5.80. The number of methoxy groups -OCH3 is 2. The first-order valence-electron chi connectivity index (χ1n) is 12.6. The van der Waals surface area contributed by atoms with Gasteiger partial charge in [-0.25, -0.2) is 0 Å². The summed E-state index contributed by atoms with van der Waals surface area (Å²) in [6.45, 7) is 1.78. The van der Waals surface area contributed by atoms with Gasteiger partial charge in [0.05, 0.1) is 31.4 Å². The van der Waals surface area contributed by atoms with Crippen LogP contribution in [0.1, 0.15) is 23.0 Å². The number of amides is 3. The molecule has 1 heterocycles. The smallest absolute Gasteiger partial charge is 0.272 e.